The van der Waals surface area contributed by atoms with Crippen LogP contribution in [0.15, 0.2) is 42.7 Å². The third-order valence-corrected chi connectivity index (χ3v) is 4.91. The van der Waals surface area contributed by atoms with Crippen molar-refractivity contribution in [2.24, 2.45) is 0 Å². The zero-order chi connectivity index (χ0) is 17.1. The van der Waals surface area contributed by atoms with E-state index in [1.807, 2.05) is 23.0 Å². The van der Waals surface area contributed by atoms with Crippen LogP contribution in [0.1, 0.15) is 49.4 Å². The lowest BCUT2D eigenvalue weighted by Crippen LogP contribution is -2.22. The molecule has 3 aromatic rings. The van der Waals surface area contributed by atoms with E-state index in [0.717, 1.165) is 36.8 Å². The molecule has 2 aromatic heterocycles. The molecule has 0 fully saturated rings. The smallest absolute Gasteiger partial charge is 0.147 e. The summed E-state index contributed by atoms with van der Waals surface area (Å²) in [7, 11) is 0. The molecule has 0 bridgehead atoms. The fraction of sp³-hybridized carbons (Fsp3) is 0.421. The molecule has 1 aliphatic rings. The van der Waals surface area contributed by atoms with Crippen LogP contribution in [0.4, 0.5) is 0 Å². The van der Waals surface area contributed by atoms with Gasteiger partial charge in [0, 0.05) is 31.4 Å². The Morgan fingerprint density at radius 2 is 2.04 bits per heavy atom. The van der Waals surface area contributed by atoms with E-state index in [1.54, 1.807) is 6.20 Å². The first-order valence-corrected chi connectivity index (χ1v) is 9.06. The fourth-order valence-electron chi connectivity index (χ4n) is 3.50. The van der Waals surface area contributed by atoms with Gasteiger partial charge in [0.15, 0.2) is 0 Å². The molecule has 1 N–H and O–H groups in total. The Hall–Kier alpha value is -2.47. The first-order valence-electron chi connectivity index (χ1n) is 9.06. The van der Waals surface area contributed by atoms with Gasteiger partial charge in [-0.2, -0.15) is 5.10 Å². The first-order chi connectivity index (χ1) is 12.3. The highest BCUT2D eigenvalue weighted by Gasteiger charge is 2.16. The van der Waals surface area contributed by atoms with Gasteiger partial charge in [0.05, 0.1) is 12.2 Å². The normalized spacial score (nSPS) is 15.6. The van der Waals surface area contributed by atoms with Gasteiger partial charge in [-0.25, -0.2) is 4.68 Å². The van der Waals surface area contributed by atoms with Crippen molar-refractivity contribution in [3.8, 4) is 5.69 Å². The minimum atomic E-state index is 0.194. The average molecular weight is 336 g/mol. The van der Waals surface area contributed by atoms with Crippen molar-refractivity contribution < 1.29 is 0 Å². The van der Waals surface area contributed by atoms with Gasteiger partial charge < -0.3 is 9.88 Å². The highest BCUT2D eigenvalue weighted by Crippen LogP contribution is 2.21. The summed E-state index contributed by atoms with van der Waals surface area (Å²) in [6, 6.07) is 10.5. The highest BCUT2D eigenvalue weighted by atomic mass is 15.3. The lowest BCUT2D eigenvalue weighted by Gasteiger charge is -2.18. The molecule has 0 saturated carbocycles. The molecular weight excluding hydrogens is 312 g/mol. The van der Waals surface area contributed by atoms with Crippen LogP contribution in [-0.2, 0) is 19.5 Å². The maximum Gasteiger partial charge on any atom is 0.147 e. The quantitative estimate of drug-likeness (QED) is 0.778. The Balaban J connectivity index is 1.50. The number of nitrogens with zero attached hydrogens (tertiary/aromatic N) is 5. The summed E-state index contributed by atoms with van der Waals surface area (Å²) in [4.78, 5) is 0. The molecule has 1 unspecified atom stereocenters. The number of aryl methyl sites for hydroxylation is 1. The Morgan fingerprint density at radius 3 is 2.92 bits per heavy atom. The van der Waals surface area contributed by atoms with E-state index in [-0.39, 0.29) is 6.04 Å². The summed E-state index contributed by atoms with van der Waals surface area (Å²) >= 11 is 0. The van der Waals surface area contributed by atoms with Gasteiger partial charge in [-0.05, 0) is 37.5 Å². The summed E-state index contributed by atoms with van der Waals surface area (Å²) in [6.07, 6.45) is 8.55. The summed E-state index contributed by atoms with van der Waals surface area (Å²) in [5.41, 5.74) is 2.33. The molecular formula is C19H24N6. The summed E-state index contributed by atoms with van der Waals surface area (Å²) in [6.45, 7) is 3.95. The molecule has 25 heavy (non-hydrogen) atoms. The number of hydrogen-bond donors (Lipinski definition) is 1. The fourth-order valence-corrected chi connectivity index (χ4v) is 3.50. The van der Waals surface area contributed by atoms with Crippen molar-refractivity contribution in [2.45, 2.75) is 51.7 Å². The van der Waals surface area contributed by atoms with Gasteiger partial charge in [0.25, 0.3) is 0 Å². The summed E-state index contributed by atoms with van der Waals surface area (Å²) < 4.78 is 4.21. The molecule has 6 nitrogen and oxygen atoms in total. The van der Waals surface area contributed by atoms with Crippen molar-refractivity contribution in [1.29, 1.82) is 0 Å². The van der Waals surface area contributed by atoms with Gasteiger partial charge in [-0.15, -0.1) is 10.2 Å². The van der Waals surface area contributed by atoms with E-state index in [9.17, 15) is 0 Å². The van der Waals surface area contributed by atoms with E-state index in [4.69, 9.17) is 0 Å². The first kappa shape index (κ1) is 16.0. The molecule has 3 heterocycles. The Kier molecular flexibility index (Phi) is 4.61. The minimum Gasteiger partial charge on any atom is -0.314 e. The monoisotopic (exact) mass is 336 g/mol. The second kappa shape index (κ2) is 7.19. The number of benzene rings is 1. The Bertz CT molecular complexity index is 820. The largest absolute Gasteiger partial charge is 0.314 e. The molecule has 0 aliphatic carbocycles. The maximum absolute atomic E-state index is 4.41. The number of fused-ring (bicyclic) bond motifs is 1. The van der Waals surface area contributed by atoms with E-state index in [2.05, 4.69) is 50.3 Å². The van der Waals surface area contributed by atoms with Gasteiger partial charge in [0.1, 0.15) is 11.6 Å². The SMILES string of the molecule is CC(NCc1nnc2n1CCCCC2)c1ccccc1-n1cccn1. The molecule has 1 aromatic carbocycles. The molecule has 1 aliphatic heterocycles. The lowest BCUT2D eigenvalue weighted by atomic mass is 10.1. The van der Waals surface area contributed by atoms with Crippen LogP contribution in [0.5, 0.6) is 0 Å². The molecule has 130 valence electrons. The van der Waals surface area contributed by atoms with E-state index in [1.165, 1.54) is 24.8 Å². The van der Waals surface area contributed by atoms with Crippen LogP contribution in [0.25, 0.3) is 5.69 Å². The Labute approximate surface area is 147 Å². The predicted molar refractivity (Wildman–Crippen MR) is 96.4 cm³/mol. The molecule has 0 amide bonds. The second-order valence-electron chi connectivity index (χ2n) is 6.61. The van der Waals surface area contributed by atoms with Crippen LogP contribution in [0, 0.1) is 0 Å². The number of nitrogens with one attached hydrogen (secondary N) is 1. The van der Waals surface area contributed by atoms with Gasteiger partial charge in [0.2, 0.25) is 0 Å². The van der Waals surface area contributed by atoms with E-state index < -0.39 is 0 Å². The van der Waals surface area contributed by atoms with Gasteiger partial charge >= 0.3 is 0 Å². The maximum atomic E-state index is 4.41. The average Bonchev–Trinajstić information content (AvgIpc) is 3.25. The van der Waals surface area contributed by atoms with Crippen LogP contribution < -0.4 is 5.32 Å². The van der Waals surface area contributed by atoms with Crippen LogP contribution in [-0.4, -0.2) is 24.5 Å². The lowest BCUT2D eigenvalue weighted by molar-refractivity contribution is 0.524. The van der Waals surface area contributed by atoms with Crippen LogP contribution in [0.3, 0.4) is 0 Å². The molecule has 1 atom stereocenters. The second-order valence-corrected chi connectivity index (χ2v) is 6.61. The molecule has 0 saturated heterocycles. The van der Waals surface area contributed by atoms with Crippen molar-refractivity contribution in [3.63, 3.8) is 0 Å². The van der Waals surface area contributed by atoms with Gasteiger partial charge in [-0.3, -0.25) is 0 Å². The topological polar surface area (TPSA) is 60.6 Å². The Morgan fingerprint density at radius 1 is 1.12 bits per heavy atom. The van der Waals surface area contributed by atoms with E-state index in [0.29, 0.717) is 0 Å². The van der Waals surface area contributed by atoms with Crippen molar-refractivity contribution in [3.05, 3.63) is 59.9 Å². The van der Waals surface area contributed by atoms with Crippen molar-refractivity contribution in [1.82, 2.24) is 29.9 Å². The number of para-hydroxylation sites is 1. The third kappa shape index (κ3) is 3.35. The zero-order valence-corrected chi connectivity index (χ0v) is 14.6. The minimum absolute atomic E-state index is 0.194. The number of aromatic nitrogens is 5. The van der Waals surface area contributed by atoms with Gasteiger partial charge in [-0.1, -0.05) is 24.6 Å². The third-order valence-electron chi connectivity index (χ3n) is 4.91. The van der Waals surface area contributed by atoms with E-state index >= 15 is 0 Å². The van der Waals surface area contributed by atoms with Crippen molar-refractivity contribution in [2.75, 3.05) is 0 Å². The molecule has 0 spiro atoms. The molecule has 4 rings (SSSR count). The molecule has 6 heteroatoms. The summed E-state index contributed by atoms with van der Waals surface area (Å²) in [5, 5.41) is 16.8. The van der Waals surface area contributed by atoms with Crippen molar-refractivity contribution >= 4 is 0 Å². The molecule has 0 radical (unpaired) electrons. The number of rotatable bonds is 5. The van der Waals surface area contributed by atoms with Crippen LogP contribution >= 0.6 is 0 Å². The number of hydrogen-bond acceptors (Lipinski definition) is 4. The van der Waals surface area contributed by atoms with Crippen LogP contribution in [0.2, 0.25) is 0 Å². The zero-order valence-electron chi connectivity index (χ0n) is 14.6. The predicted octanol–water partition coefficient (Wildman–Crippen LogP) is 3.04. The highest BCUT2D eigenvalue weighted by molar-refractivity contribution is 5.42. The standard InChI is InChI=1S/C19H24N6/c1-15(16-8-4-5-9-17(16)25-13-7-11-21-25)20-14-19-23-22-18-10-3-2-6-12-24(18)19/h4-5,7-9,11,13,15,20H,2-3,6,10,12,14H2,1H3. The summed E-state index contributed by atoms with van der Waals surface area (Å²) in [5.74, 6) is 2.18.